The lowest BCUT2D eigenvalue weighted by Gasteiger charge is -2.32. The minimum Gasteiger partial charge on any atom is -0.481 e. The Morgan fingerprint density at radius 1 is 0.688 bits per heavy atom. The number of ether oxygens (including phenoxy) is 1. The van der Waals surface area contributed by atoms with Crippen molar-refractivity contribution in [3.63, 3.8) is 0 Å². The van der Waals surface area contributed by atoms with Crippen molar-refractivity contribution in [1.82, 2.24) is 41.8 Å². The number of hydrogen-bond donors (Lipinski definition) is 10. The van der Waals surface area contributed by atoms with Gasteiger partial charge in [0, 0.05) is 43.4 Å². The molecule has 77 heavy (non-hydrogen) atoms. The maximum Gasteiger partial charge on any atom is 0.446 e. The molecule has 4 rings (SSSR count). The average molecular weight is 1090 g/mol. The summed E-state index contributed by atoms with van der Waals surface area (Å²) in [5, 5.41) is 25.8. The molecule has 0 spiro atoms. The second kappa shape index (κ2) is 28.7. The van der Waals surface area contributed by atoms with Gasteiger partial charge >= 0.3 is 22.5 Å². The van der Waals surface area contributed by atoms with E-state index in [1.165, 1.54) is 31.3 Å². The molecule has 1 heterocycles. The number of carbonyl (C=O) groups is 9. The van der Waals surface area contributed by atoms with Crippen LogP contribution in [0.15, 0.2) is 85.1 Å². The van der Waals surface area contributed by atoms with Gasteiger partial charge in [0.2, 0.25) is 41.4 Å². The number of fused-ring (bicyclic) bond motifs is 1. The Morgan fingerprint density at radius 2 is 1.29 bits per heavy atom. The Balaban J connectivity index is 1.55. The summed E-state index contributed by atoms with van der Waals surface area (Å²) in [7, 11) is -3.52. The summed E-state index contributed by atoms with van der Waals surface area (Å²) in [6.45, 7) is 8.45. The van der Waals surface area contributed by atoms with E-state index in [-0.39, 0.29) is 37.9 Å². The highest BCUT2D eigenvalue weighted by Crippen LogP contribution is 2.21. The van der Waals surface area contributed by atoms with E-state index >= 15 is 0 Å². The molecule has 0 saturated carbocycles. The maximum absolute atomic E-state index is 14.6. The first-order valence-corrected chi connectivity index (χ1v) is 26.2. The van der Waals surface area contributed by atoms with E-state index in [1.54, 1.807) is 88.5 Å². The lowest BCUT2D eigenvalue weighted by molar-refractivity contribution is -0.144. The van der Waals surface area contributed by atoms with Crippen LogP contribution in [0.1, 0.15) is 96.3 Å². The minimum absolute atomic E-state index is 0.0148. The third-order valence-corrected chi connectivity index (χ3v) is 12.2. The van der Waals surface area contributed by atoms with Crippen molar-refractivity contribution in [3.8, 4) is 5.75 Å². The third kappa shape index (κ3) is 20.9. The van der Waals surface area contributed by atoms with Crippen LogP contribution in [0.25, 0.3) is 10.9 Å². The molecule has 0 bridgehead atoms. The van der Waals surface area contributed by atoms with Gasteiger partial charge in [0.1, 0.15) is 54.1 Å². The number of carboxylic acids is 1. The van der Waals surface area contributed by atoms with Crippen molar-refractivity contribution >= 4 is 74.7 Å². The number of aliphatic carboxylic acids is 1. The Hall–Kier alpha value is -8.06. The van der Waals surface area contributed by atoms with Gasteiger partial charge < -0.3 is 61.5 Å². The number of primary amides is 1. The smallest absolute Gasteiger partial charge is 0.446 e. The standard InChI is InChI=1S/C52H69N9O15S/c1-7-9-20-42(60-48(68)38(58-51(71)75-52(3,4)5)26-32-21-23-34(24-22-32)76-77(72,73)74)59-44(63)29-43(62)55-40(27-33-30-54-36-19-14-13-18-35(33)36)50(70)61(6)41(15-8-2)49(69)57-39(28-45(64)65)47(67)56-37(46(53)66)25-31-16-11-10-12-17-31/h10-14,16-19,21-24,30,37-42,54H,7-9,15,20,25-29H2,1-6H3,(H2,53,66)(H,55,62)(H,56,67)(H,57,69)(H,58,71)(H,59,63)(H,60,68)(H,64,65)(H,72,73,74)/t37-,38-,39-,40-,41-,42-/m0/s1. The number of carbonyl (C=O) groups excluding carboxylic acids is 8. The van der Waals surface area contributed by atoms with Gasteiger partial charge in [-0.2, -0.15) is 8.42 Å². The number of carboxylic acid groups (broad SMARTS) is 1. The fourth-order valence-corrected chi connectivity index (χ4v) is 8.44. The summed E-state index contributed by atoms with van der Waals surface area (Å²) in [5.41, 5.74) is 7.00. The van der Waals surface area contributed by atoms with Gasteiger partial charge in [-0.1, -0.05) is 87.4 Å². The number of nitrogens with two attached hydrogens (primary N) is 1. The largest absolute Gasteiger partial charge is 0.481 e. The molecule has 0 aliphatic rings. The fourth-order valence-electron chi connectivity index (χ4n) is 8.09. The van der Waals surface area contributed by atoms with E-state index in [0.29, 0.717) is 46.9 Å². The van der Waals surface area contributed by atoms with Crippen molar-refractivity contribution in [2.24, 2.45) is 5.73 Å². The number of alkyl carbamates (subject to hydrolysis) is 1. The number of benzene rings is 3. The van der Waals surface area contributed by atoms with E-state index in [1.807, 2.05) is 6.92 Å². The first kappa shape index (κ1) is 61.5. The lowest BCUT2D eigenvalue weighted by atomic mass is 10.0. The second-order valence-corrected chi connectivity index (χ2v) is 20.3. The molecule has 0 aliphatic carbocycles. The van der Waals surface area contributed by atoms with Crippen LogP contribution < -0.4 is 41.8 Å². The summed E-state index contributed by atoms with van der Waals surface area (Å²) in [4.78, 5) is 125. The van der Waals surface area contributed by atoms with Gasteiger partial charge in [-0.15, -0.1) is 0 Å². The lowest BCUT2D eigenvalue weighted by Crippen LogP contribution is -2.59. The summed E-state index contributed by atoms with van der Waals surface area (Å²) >= 11 is 0. The van der Waals surface area contributed by atoms with Gasteiger partial charge in [-0.3, -0.25) is 42.9 Å². The molecule has 25 heteroatoms. The first-order chi connectivity index (χ1) is 36.2. The molecule has 0 aliphatic heterocycles. The van der Waals surface area contributed by atoms with Gasteiger partial charge in [-0.25, -0.2) is 4.79 Å². The highest BCUT2D eigenvalue weighted by atomic mass is 32.3. The average Bonchev–Trinajstić information content (AvgIpc) is 3.76. The molecule has 3 aromatic carbocycles. The molecule has 1 aromatic heterocycles. The molecule has 4 aromatic rings. The number of hydrogen-bond acceptors (Lipinski definition) is 13. The Labute approximate surface area is 446 Å². The highest BCUT2D eigenvalue weighted by molar-refractivity contribution is 7.81. The zero-order valence-electron chi connectivity index (χ0n) is 43.8. The molecule has 24 nitrogen and oxygen atoms in total. The van der Waals surface area contributed by atoms with Crippen LogP contribution in [0.2, 0.25) is 0 Å². The number of aromatic amines is 1. The monoisotopic (exact) mass is 1090 g/mol. The van der Waals surface area contributed by atoms with Crippen molar-refractivity contribution in [2.45, 2.75) is 141 Å². The normalized spacial score (nSPS) is 13.8. The molecule has 0 unspecified atom stereocenters. The molecule has 6 atom stereocenters. The van der Waals surface area contributed by atoms with Crippen molar-refractivity contribution in [3.05, 3.63) is 102 Å². The summed E-state index contributed by atoms with van der Waals surface area (Å²) in [6, 6.07) is 13.9. The first-order valence-electron chi connectivity index (χ1n) is 24.9. The zero-order chi connectivity index (χ0) is 57.0. The van der Waals surface area contributed by atoms with Crippen molar-refractivity contribution < 1.29 is 70.1 Å². The molecule has 0 fully saturated rings. The molecule has 8 amide bonds. The van der Waals surface area contributed by atoms with Crippen LogP contribution in [0.3, 0.4) is 0 Å². The summed E-state index contributed by atoms with van der Waals surface area (Å²) < 4.78 is 41.3. The molecular weight excluding hydrogens is 1020 g/mol. The van der Waals surface area contributed by atoms with Crippen LogP contribution in [-0.2, 0) is 72.8 Å². The van der Waals surface area contributed by atoms with Crippen LogP contribution in [0, 0.1) is 0 Å². The van der Waals surface area contributed by atoms with E-state index in [4.69, 9.17) is 15.0 Å². The second-order valence-electron chi connectivity index (χ2n) is 19.3. The zero-order valence-corrected chi connectivity index (χ0v) is 44.6. The number of para-hydroxylation sites is 1. The number of nitrogens with zero attached hydrogens (tertiary/aromatic N) is 1. The van der Waals surface area contributed by atoms with Crippen LogP contribution >= 0.6 is 0 Å². The van der Waals surface area contributed by atoms with Gasteiger partial charge in [0.05, 0.1) is 6.42 Å². The topological polar surface area (TPSA) is 364 Å². The van der Waals surface area contributed by atoms with Crippen molar-refractivity contribution in [1.29, 1.82) is 0 Å². The highest BCUT2D eigenvalue weighted by Gasteiger charge is 2.36. The summed E-state index contributed by atoms with van der Waals surface area (Å²) in [6.07, 6.45) is -0.836. The SMILES string of the molecule is CCCC[C@@H](NC(=O)CC(=O)N[C@@H](Cc1c[nH]c2ccccc12)C(=O)N(C)[C@@H](CCC)C(=O)N[C@@H](CC(=O)O)C(=O)N[C@@H](Cc1ccccc1)C(N)=O)NC(=O)[C@H](Cc1ccc(OS(=O)(=O)O)cc1)NC(=O)OC(C)(C)C. The number of rotatable bonds is 29. The van der Waals surface area contributed by atoms with Crippen molar-refractivity contribution in [2.75, 3.05) is 7.05 Å². The fraction of sp³-hybridized carbons (Fsp3) is 0.442. The number of unbranched alkanes of at least 4 members (excludes halogenated alkanes) is 1. The van der Waals surface area contributed by atoms with E-state index in [2.05, 4.69) is 41.1 Å². The number of aromatic nitrogens is 1. The number of likely N-dealkylation sites (N-methyl/N-ethyl adjacent to an activating group) is 1. The molecule has 0 radical (unpaired) electrons. The maximum atomic E-state index is 14.6. The molecule has 0 saturated heterocycles. The Kier molecular flexibility index (Phi) is 22.9. The molecule has 418 valence electrons. The van der Waals surface area contributed by atoms with Gasteiger partial charge in [0.25, 0.3) is 0 Å². The minimum atomic E-state index is -4.82. The number of amides is 8. The predicted octanol–water partition coefficient (Wildman–Crippen LogP) is 2.45. The van der Waals surface area contributed by atoms with Crippen LogP contribution in [-0.4, -0.2) is 130 Å². The number of H-pyrrole nitrogens is 1. The predicted molar refractivity (Wildman–Crippen MR) is 281 cm³/mol. The van der Waals surface area contributed by atoms with Gasteiger partial charge in [-0.05, 0) is 74.9 Å². The van der Waals surface area contributed by atoms with Crippen LogP contribution in [0.4, 0.5) is 4.79 Å². The quantitative estimate of drug-likeness (QED) is 0.0212. The molecule has 11 N–H and O–H groups in total. The Bertz CT molecular complexity index is 2820. The third-order valence-electron chi connectivity index (χ3n) is 11.8. The van der Waals surface area contributed by atoms with E-state index in [9.17, 15) is 56.7 Å². The number of nitrogens with one attached hydrogen (secondary N) is 7. The van der Waals surface area contributed by atoms with Gasteiger partial charge in [0.15, 0.2) is 0 Å². The Morgan fingerprint density at radius 3 is 1.90 bits per heavy atom. The van der Waals surface area contributed by atoms with E-state index < -0.39 is 119 Å². The van der Waals surface area contributed by atoms with E-state index in [0.717, 1.165) is 4.90 Å². The molecular formula is C52H69N9O15S. The summed E-state index contributed by atoms with van der Waals surface area (Å²) in [5.74, 6) is -7.86. The van der Waals surface area contributed by atoms with Crippen LogP contribution in [0.5, 0.6) is 5.75 Å².